The molecule has 3 aromatic carbocycles. The third-order valence-corrected chi connectivity index (χ3v) is 4.81. The summed E-state index contributed by atoms with van der Waals surface area (Å²) in [5.41, 5.74) is 4.34. The van der Waals surface area contributed by atoms with E-state index in [1.54, 1.807) is 0 Å². The molecule has 0 saturated carbocycles. The number of benzene rings is 3. The molecule has 2 heteroatoms. The van der Waals surface area contributed by atoms with Gasteiger partial charge in [-0.25, -0.2) is 0 Å². The SMILES string of the molecule is c1ccc(-c2ccncc2-c2oc(-c3ccccc3)c3ccccc23)cc1. The minimum absolute atomic E-state index is 0.858. The molecule has 0 bridgehead atoms. The van der Waals surface area contributed by atoms with Crippen LogP contribution in [0.25, 0.3) is 44.5 Å². The Labute approximate surface area is 157 Å². The van der Waals surface area contributed by atoms with Crippen LogP contribution in [0.15, 0.2) is 108 Å². The molecule has 2 aromatic heterocycles. The highest BCUT2D eigenvalue weighted by molar-refractivity contribution is 6.04. The van der Waals surface area contributed by atoms with Crippen LogP contribution >= 0.6 is 0 Å². The molecular formula is C25H17NO. The van der Waals surface area contributed by atoms with E-state index >= 15 is 0 Å². The zero-order valence-corrected chi connectivity index (χ0v) is 14.7. The third-order valence-electron chi connectivity index (χ3n) is 4.81. The van der Waals surface area contributed by atoms with Crippen LogP contribution in [0, 0.1) is 0 Å². The molecule has 0 unspecified atom stereocenters. The van der Waals surface area contributed by atoms with E-state index in [1.807, 2.05) is 42.7 Å². The maximum atomic E-state index is 6.46. The molecule has 0 saturated heterocycles. The Bertz CT molecular complexity index is 1210. The van der Waals surface area contributed by atoms with Crippen molar-refractivity contribution in [2.24, 2.45) is 0 Å². The van der Waals surface area contributed by atoms with Crippen molar-refractivity contribution < 1.29 is 4.42 Å². The Morgan fingerprint density at radius 1 is 0.519 bits per heavy atom. The third kappa shape index (κ3) is 2.72. The van der Waals surface area contributed by atoms with Gasteiger partial charge in [0, 0.05) is 34.3 Å². The predicted octanol–water partition coefficient (Wildman–Crippen LogP) is 6.83. The smallest absolute Gasteiger partial charge is 0.144 e. The molecule has 0 fully saturated rings. The van der Waals surface area contributed by atoms with Gasteiger partial charge in [0.05, 0.1) is 0 Å². The molecule has 5 rings (SSSR count). The van der Waals surface area contributed by atoms with Crippen molar-refractivity contribution in [3.8, 4) is 33.8 Å². The first kappa shape index (κ1) is 15.6. The van der Waals surface area contributed by atoms with E-state index in [-0.39, 0.29) is 0 Å². The van der Waals surface area contributed by atoms with Gasteiger partial charge in [-0.3, -0.25) is 4.98 Å². The second-order valence-electron chi connectivity index (χ2n) is 6.46. The topological polar surface area (TPSA) is 26.0 Å². The molecule has 0 spiro atoms. The Morgan fingerprint density at radius 3 is 1.81 bits per heavy atom. The Hall–Kier alpha value is -3.65. The Kier molecular flexibility index (Phi) is 3.80. The number of aromatic nitrogens is 1. The van der Waals surface area contributed by atoms with Gasteiger partial charge in [0.15, 0.2) is 0 Å². The standard InChI is InChI=1S/C25H17NO/c1-3-9-18(10-4-1)20-15-16-26-17-23(20)25-22-14-8-7-13-21(22)24(27-25)19-11-5-2-6-12-19/h1-17H. The number of pyridine rings is 1. The van der Waals surface area contributed by atoms with Gasteiger partial charge < -0.3 is 4.42 Å². The van der Waals surface area contributed by atoms with Gasteiger partial charge in [0.1, 0.15) is 11.5 Å². The van der Waals surface area contributed by atoms with E-state index in [2.05, 4.69) is 65.6 Å². The fourth-order valence-electron chi connectivity index (χ4n) is 3.54. The van der Waals surface area contributed by atoms with Crippen LogP contribution in [0.2, 0.25) is 0 Å². The lowest BCUT2D eigenvalue weighted by Crippen LogP contribution is -1.85. The van der Waals surface area contributed by atoms with Gasteiger partial charge in [0.2, 0.25) is 0 Å². The summed E-state index contributed by atoms with van der Waals surface area (Å²) in [7, 11) is 0. The normalized spacial score (nSPS) is 11.0. The van der Waals surface area contributed by atoms with Crippen molar-refractivity contribution >= 4 is 10.8 Å². The molecule has 2 nitrogen and oxygen atoms in total. The lowest BCUT2D eigenvalue weighted by atomic mass is 9.98. The maximum absolute atomic E-state index is 6.46. The quantitative estimate of drug-likeness (QED) is 0.357. The van der Waals surface area contributed by atoms with Crippen LogP contribution in [-0.2, 0) is 0 Å². The molecule has 128 valence electrons. The van der Waals surface area contributed by atoms with Crippen molar-refractivity contribution in [1.82, 2.24) is 4.98 Å². The molecule has 0 aliphatic carbocycles. The highest BCUT2D eigenvalue weighted by atomic mass is 16.3. The molecule has 0 aliphatic heterocycles. The minimum atomic E-state index is 0.858. The average molecular weight is 347 g/mol. The van der Waals surface area contributed by atoms with Gasteiger partial charge in [0.25, 0.3) is 0 Å². The fraction of sp³-hybridized carbons (Fsp3) is 0. The first-order valence-electron chi connectivity index (χ1n) is 8.98. The van der Waals surface area contributed by atoms with Gasteiger partial charge in [-0.1, -0.05) is 84.9 Å². The summed E-state index contributed by atoms with van der Waals surface area (Å²) in [5.74, 6) is 1.75. The van der Waals surface area contributed by atoms with Gasteiger partial charge in [-0.2, -0.15) is 0 Å². The van der Waals surface area contributed by atoms with E-state index < -0.39 is 0 Å². The summed E-state index contributed by atoms with van der Waals surface area (Å²) < 4.78 is 6.46. The second-order valence-corrected chi connectivity index (χ2v) is 6.46. The predicted molar refractivity (Wildman–Crippen MR) is 110 cm³/mol. The first-order chi connectivity index (χ1) is 13.4. The van der Waals surface area contributed by atoms with E-state index in [4.69, 9.17) is 4.42 Å². The molecule has 0 radical (unpaired) electrons. The van der Waals surface area contributed by atoms with Crippen LogP contribution in [0.3, 0.4) is 0 Å². The molecule has 0 aliphatic rings. The van der Waals surface area contributed by atoms with E-state index in [0.717, 1.165) is 44.5 Å². The van der Waals surface area contributed by atoms with Crippen LogP contribution < -0.4 is 0 Å². The number of rotatable bonds is 3. The monoisotopic (exact) mass is 347 g/mol. The number of hydrogen-bond acceptors (Lipinski definition) is 2. The zero-order chi connectivity index (χ0) is 18.1. The van der Waals surface area contributed by atoms with Crippen molar-refractivity contribution in [3.63, 3.8) is 0 Å². The summed E-state index contributed by atoms with van der Waals surface area (Å²) in [6.45, 7) is 0. The minimum Gasteiger partial charge on any atom is -0.455 e. The van der Waals surface area contributed by atoms with Crippen LogP contribution in [-0.4, -0.2) is 4.98 Å². The van der Waals surface area contributed by atoms with Gasteiger partial charge in [-0.15, -0.1) is 0 Å². The number of fused-ring (bicyclic) bond motifs is 1. The molecule has 27 heavy (non-hydrogen) atoms. The van der Waals surface area contributed by atoms with Gasteiger partial charge >= 0.3 is 0 Å². The van der Waals surface area contributed by atoms with Gasteiger partial charge in [-0.05, 0) is 17.2 Å². The second kappa shape index (κ2) is 6.58. The number of hydrogen-bond donors (Lipinski definition) is 0. The molecular weight excluding hydrogens is 330 g/mol. The maximum Gasteiger partial charge on any atom is 0.144 e. The lowest BCUT2D eigenvalue weighted by Gasteiger charge is -2.07. The summed E-state index contributed by atoms with van der Waals surface area (Å²) in [4.78, 5) is 4.38. The van der Waals surface area contributed by atoms with Crippen molar-refractivity contribution in [1.29, 1.82) is 0 Å². The molecule has 0 N–H and O–H groups in total. The van der Waals surface area contributed by atoms with Crippen molar-refractivity contribution in [2.45, 2.75) is 0 Å². The summed E-state index contributed by atoms with van der Waals surface area (Å²) in [5, 5.41) is 2.21. The summed E-state index contributed by atoms with van der Waals surface area (Å²) >= 11 is 0. The number of nitrogens with zero attached hydrogens (tertiary/aromatic N) is 1. The largest absolute Gasteiger partial charge is 0.455 e. The highest BCUT2D eigenvalue weighted by Crippen LogP contribution is 2.41. The molecule has 5 aromatic rings. The summed E-state index contributed by atoms with van der Waals surface area (Å²) in [6, 6.07) is 31.0. The van der Waals surface area contributed by atoms with Crippen LogP contribution in [0.4, 0.5) is 0 Å². The molecule has 0 atom stereocenters. The van der Waals surface area contributed by atoms with Crippen LogP contribution in [0.1, 0.15) is 0 Å². The van der Waals surface area contributed by atoms with Crippen molar-refractivity contribution in [2.75, 3.05) is 0 Å². The highest BCUT2D eigenvalue weighted by Gasteiger charge is 2.18. The summed E-state index contributed by atoms with van der Waals surface area (Å²) in [6.07, 6.45) is 3.72. The first-order valence-corrected chi connectivity index (χ1v) is 8.98. The molecule has 0 amide bonds. The average Bonchev–Trinajstić information content (AvgIpc) is 3.15. The Balaban J connectivity index is 1.79. The zero-order valence-electron chi connectivity index (χ0n) is 14.7. The van der Waals surface area contributed by atoms with E-state index in [9.17, 15) is 0 Å². The molecule has 2 heterocycles. The van der Waals surface area contributed by atoms with E-state index in [1.165, 1.54) is 0 Å². The fourth-order valence-corrected chi connectivity index (χ4v) is 3.54. The van der Waals surface area contributed by atoms with E-state index in [0.29, 0.717) is 0 Å². The number of furan rings is 1. The lowest BCUT2D eigenvalue weighted by molar-refractivity contribution is 0.602. The van der Waals surface area contributed by atoms with Crippen LogP contribution in [0.5, 0.6) is 0 Å². The van der Waals surface area contributed by atoms with Crippen molar-refractivity contribution in [3.05, 3.63) is 103 Å². The Morgan fingerprint density at radius 2 is 1.11 bits per heavy atom.